The Bertz CT molecular complexity index is 659. The van der Waals surface area contributed by atoms with Gasteiger partial charge in [-0.3, -0.25) is 0 Å². The monoisotopic (exact) mass is 326 g/mol. The quantitative estimate of drug-likeness (QED) is 0.821. The van der Waals surface area contributed by atoms with Crippen LogP contribution in [0, 0.1) is 5.82 Å². The number of benzene rings is 2. The van der Waals surface area contributed by atoms with E-state index in [4.69, 9.17) is 0 Å². The number of hydrogen-bond donors (Lipinski definition) is 2. The number of alkyl halides is 3. The van der Waals surface area contributed by atoms with Crippen LogP contribution in [0.2, 0.25) is 0 Å². The van der Waals surface area contributed by atoms with Crippen LogP contribution in [0.5, 0.6) is 0 Å². The molecular weight excluding hydrogens is 312 g/mol. The first kappa shape index (κ1) is 16.8. The highest BCUT2D eigenvalue weighted by atomic mass is 19.4. The Hall–Kier alpha value is -2.57. The molecule has 0 saturated heterocycles. The maximum atomic E-state index is 13.4. The Morgan fingerprint density at radius 3 is 2.22 bits per heavy atom. The van der Waals surface area contributed by atoms with Gasteiger partial charge >= 0.3 is 12.2 Å². The van der Waals surface area contributed by atoms with Gasteiger partial charge in [0.1, 0.15) is 5.82 Å². The fourth-order valence-corrected chi connectivity index (χ4v) is 2.00. The van der Waals surface area contributed by atoms with E-state index in [1.165, 1.54) is 42.5 Å². The Balaban J connectivity index is 2.03. The molecule has 0 radical (unpaired) electrons. The molecule has 2 aromatic rings. The lowest BCUT2D eigenvalue weighted by Gasteiger charge is -2.22. The summed E-state index contributed by atoms with van der Waals surface area (Å²) in [6.45, 7) is -0.210. The molecule has 2 aromatic carbocycles. The molecule has 0 aromatic heterocycles. The van der Waals surface area contributed by atoms with Gasteiger partial charge < -0.3 is 10.6 Å². The number of halogens is 4. The lowest BCUT2D eigenvalue weighted by atomic mass is 10.1. The summed E-state index contributed by atoms with van der Waals surface area (Å²) in [5.74, 6) is -0.539. The number of carbonyl (C=O) groups excluding carboxylic acids is 1. The van der Waals surface area contributed by atoms with Crippen LogP contribution in [0.4, 0.5) is 22.4 Å². The van der Waals surface area contributed by atoms with Gasteiger partial charge in [-0.2, -0.15) is 13.2 Å². The first-order chi connectivity index (χ1) is 10.9. The molecule has 0 heterocycles. The zero-order chi connectivity index (χ0) is 16.9. The molecule has 0 unspecified atom stereocenters. The fourth-order valence-electron chi connectivity index (χ4n) is 2.00. The van der Waals surface area contributed by atoms with Crippen molar-refractivity contribution in [3.05, 3.63) is 71.5 Å². The molecule has 0 aliphatic rings. The van der Waals surface area contributed by atoms with Gasteiger partial charge in [-0.05, 0) is 11.6 Å². The molecule has 2 amide bonds. The third-order valence-corrected chi connectivity index (χ3v) is 3.13. The van der Waals surface area contributed by atoms with Gasteiger partial charge in [0, 0.05) is 12.1 Å². The van der Waals surface area contributed by atoms with Gasteiger partial charge in [-0.15, -0.1) is 0 Å². The van der Waals surface area contributed by atoms with Crippen molar-refractivity contribution in [1.82, 2.24) is 10.6 Å². The van der Waals surface area contributed by atoms with Crippen molar-refractivity contribution in [2.75, 3.05) is 0 Å². The van der Waals surface area contributed by atoms with Crippen molar-refractivity contribution < 1.29 is 22.4 Å². The van der Waals surface area contributed by atoms with E-state index in [9.17, 15) is 22.4 Å². The molecule has 0 spiro atoms. The Kier molecular flexibility index (Phi) is 5.20. The smallest absolute Gasteiger partial charge is 0.334 e. The number of urea groups is 1. The lowest BCUT2D eigenvalue weighted by molar-refractivity contribution is -0.154. The third kappa shape index (κ3) is 4.70. The predicted octanol–water partition coefficient (Wildman–Crippen LogP) is 3.93. The molecule has 1 atom stereocenters. The standard InChI is InChI=1S/C16H14F4N2O/c17-13-9-5-4-8-12(13)10-21-15(23)22-14(16(18,19)20)11-6-2-1-3-7-11/h1-9,14H,10H2,(H2,21,22,23)/t14-/m0/s1. The molecule has 23 heavy (non-hydrogen) atoms. The second-order valence-electron chi connectivity index (χ2n) is 4.80. The molecular formula is C16H14F4N2O. The van der Waals surface area contributed by atoms with Crippen LogP contribution < -0.4 is 10.6 Å². The normalized spacial score (nSPS) is 12.5. The fraction of sp³-hybridized carbons (Fsp3) is 0.188. The molecule has 7 heteroatoms. The highest BCUT2D eigenvalue weighted by molar-refractivity contribution is 5.74. The van der Waals surface area contributed by atoms with Crippen molar-refractivity contribution in [3.8, 4) is 0 Å². The first-order valence-corrected chi connectivity index (χ1v) is 6.77. The highest BCUT2D eigenvalue weighted by Gasteiger charge is 2.41. The van der Waals surface area contributed by atoms with Gasteiger partial charge in [0.15, 0.2) is 6.04 Å². The van der Waals surface area contributed by atoms with Crippen molar-refractivity contribution in [2.24, 2.45) is 0 Å². The van der Waals surface area contributed by atoms with Gasteiger partial charge in [0.2, 0.25) is 0 Å². The maximum Gasteiger partial charge on any atom is 0.412 e. The van der Waals surface area contributed by atoms with E-state index in [2.05, 4.69) is 5.32 Å². The molecule has 0 aliphatic carbocycles. The highest BCUT2D eigenvalue weighted by Crippen LogP contribution is 2.32. The second kappa shape index (κ2) is 7.13. The van der Waals surface area contributed by atoms with E-state index in [0.717, 1.165) is 0 Å². The SMILES string of the molecule is O=C(NCc1ccccc1F)N[C@@H](c1ccccc1)C(F)(F)F. The van der Waals surface area contributed by atoms with Crippen LogP contribution in [0.1, 0.15) is 17.2 Å². The second-order valence-corrected chi connectivity index (χ2v) is 4.80. The summed E-state index contributed by atoms with van der Waals surface area (Å²) >= 11 is 0. The van der Waals surface area contributed by atoms with Gasteiger partial charge in [-0.1, -0.05) is 48.5 Å². The van der Waals surface area contributed by atoms with Crippen molar-refractivity contribution in [1.29, 1.82) is 0 Å². The minimum Gasteiger partial charge on any atom is -0.334 e. The average Bonchev–Trinajstić information content (AvgIpc) is 2.51. The number of hydrogen-bond acceptors (Lipinski definition) is 1. The largest absolute Gasteiger partial charge is 0.412 e. The predicted molar refractivity (Wildman–Crippen MR) is 77.0 cm³/mol. The zero-order valence-corrected chi connectivity index (χ0v) is 11.9. The Morgan fingerprint density at radius 2 is 1.61 bits per heavy atom. The van der Waals surface area contributed by atoms with Gasteiger partial charge in [0.05, 0.1) is 0 Å². The maximum absolute atomic E-state index is 13.4. The molecule has 0 bridgehead atoms. The molecule has 2 rings (SSSR count). The topological polar surface area (TPSA) is 41.1 Å². The van der Waals surface area contributed by atoms with E-state index >= 15 is 0 Å². The first-order valence-electron chi connectivity index (χ1n) is 6.77. The minimum absolute atomic E-state index is 0.0824. The van der Waals surface area contributed by atoms with Crippen LogP contribution in [0.3, 0.4) is 0 Å². The molecule has 0 aliphatic heterocycles. The number of amides is 2. The molecule has 0 fully saturated rings. The summed E-state index contributed by atoms with van der Waals surface area (Å²) in [7, 11) is 0. The van der Waals surface area contributed by atoms with Crippen LogP contribution >= 0.6 is 0 Å². The van der Waals surface area contributed by atoms with Crippen LogP contribution in [0.15, 0.2) is 54.6 Å². The van der Waals surface area contributed by atoms with E-state index in [-0.39, 0.29) is 17.7 Å². The summed E-state index contributed by atoms with van der Waals surface area (Å²) in [5, 5.41) is 4.09. The Morgan fingerprint density at radius 1 is 1.00 bits per heavy atom. The molecule has 0 saturated carbocycles. The van der Waals surface area contributed by atoms with Crippen molar-refractivity contribution in [3.63, 3.8) is 0 Å². The summed E-state index contributed by atoms with van der Waals surface area (Å²) in [5.41, 5.74) is 0.104. The van der Waals surface area contributed by atoms with Crippen LogP contribution in [-0.2, 0) is 6.54 Å². The Labute approximate surface area is 130 Å². The van der Waals surface area contributed by atoms with Crippen LogP contribution in [-0.4, -0.2) is 12.2 Å². The average molecular weight is 326 g/mol. The molecule has 2 N–H and O–H groups in total. The van der Waals surface area contributed by atoms with Crippen molar-refractivity contribution >= 4 is 6.03 Å². The van der Waals surface area contributed by atoms with Crippen molar-refractivity contribution in [2.45, 2.75) is 18.8 Å². The summed E-state index contributed by atoms with van der Waals surface area (Å²) < 4.78 is 52.7. The van der Waals surface area contributed by atoms with Gasteiger partial charge in [0.25, 0.3) is 0 Å². The molecule has 122 valence electrons. The third-order valence-electron chi connectivity index (χ3n) is 3.13. The van der Waals surface area contributed by atoms with E-state index in [1.54, 1.807) is 12.1 Å². The minimum atomic E-state index is -4.64. The van der Waals surface area contributed by atoms with Crippen LogP contribution in [0.25, 0.3) is 0 Å². The van der Waals surface area contributed by atoms with Gasteiger partial charge in [-0.25, -0.2) is 9.18 Å². The number of nitrogens with one attached hydrogen (secondary N) is 2. The number of rotatable bonds is 4. The van der Waals surface area contributed by atoms with E-state index < -0.39 is 24.1 Å². The van der Waals surface area contributed by atoms with E-state index in [0.29, 0.717) is 0 Å². The summed E-state index contributed by atoms with van der Waals surface area (Å²) in [6.07, 6.45) is -4.64. The van der Waals surface area contributed by atoms with E-state index in [1.807, 2.05) is 5.32 Å². The number of carbonyl (C=O) groups is 1. The molecule has 3 nitrogen and oxygen atoms in total. The lowest BCUT2D eigenvalue weighted by Crippen LogP contribution is -2.43. The summed E-state index contributed by atoms with van der Waals surface area (Å²) in [6, 6.07) is 9.56. The zero-order valence-electron chi connectivity index (χ0n) is 11.9. The summed E-state index contributed by atoms with van der Waals surface area (Å²) in [4.78, 5) is 11.7.